The van der Waals surface area contributed by atoms with E-state index in [1.54, 1.807) is 156 Å². The minimum atomic E-state index is -0.653. The van der Waals surface area contributed by atoms with Crippen molar-refractivity contribution in [1.82, 2.24) is 24.2 Å². The Hall–Kier alpha value is -10.6. The second-order valence-corrected chi connectivity index (χ2v) is 24.0. The summed E-state index contributed by atoms with van der Waals surface area (Å²) in [5.41, 5.74) is 2.32. The fourth-order valence-electron chi connectivity index (χ4n) is 9.55. The number of carbonyl (C=O) groups excluding carboxylic acids is 4. The number of aliphatic hydroxyl groups is 1. The maximum absolute atomic E-state index is 12.7. The van der Waals surface area contributed by atoms with Crippen LogP contribution in [0, 0.1) is 0 Å². The monoisotopic (exact) mass is 1620 g/mol. The molecule has 0 saturated heterocycles. The number of fused-ring (bicyclic) bond motifs is 4. The normalized spacial score (nSPS) is 10.2. The Morgan fingerprint density at radius 1 is 0.404 bits per heavy atom. The summed E-state index contributed by atoms with van der Waals surface area (Å²) in [6.07, 6.45) is 10.3. The minimum Gasteiger partial charge on any atom is -0.508 e. The molecule has 550 valence electrons. The summed E-state index contributed by atoms with van der Waals surface area (Å²) >= 11 is 9.90. The molecule has 104 heavy (non-hydrogen) atoms. The summed E-state index contributed by atoms with van der Waals surface area (Å²) in [6.45, 7) is 2.61. The summed E-state index contributed by atoms with van der Waals surface area (Å²) in [5, 5.41) is 32.7. The molecule has 4 aromatic heterocycles. The average Bonchev–Trinajstić information content (AvgIpc) is 0.816. The van der Waals surface area contributed by atoms with Crippen LogP contribution in [0.25, 0.3) is 43.1 Å². The number of amides is 1. The molecule has 11 aromatic rings. The van der Waals surface area contributed by atoms with Crippen LogP contribution in [-0.2, 0) is 33.8 Å². The molecule has 0 radical (unpaired) electrons. The van der Waals surface area contributed by atoms with E-state index in [-0.39, 0.29) is 33.6 Å². The third kappa shape index (κ3) is 25.7. The number of aromatic amines is 1. The van der Waals surface area contributed by atoms with Crippen molar-refractivity contribution in [2.24, 2.45) is 0 Å². The average molecular weight is 1620 g/mol. The first kappa shape index (κ1) is 84.1. The van der Waals surface area contributed by atoms with Crippen molar-refractivity contribution in [2.75, 3.05) is 79.0 Å². The van der Waals surface area contributed by atoms with Gasteiger partial charge in [-0.1, -0.05) is 72.1 Å². The van der Waals surface area contributed by atoms with Gasteiger partial charge in [0.25, 0.3) is 28.1 Å². The maximum atomic E-state index is 12.7. The zero-order valence-corrected chi connectivity index (χ0v) is 63.1. The van der Waals surface area contributed by atoms with Gasteiger partial charge in [-0.05, 0) is 193 Å². The second-order valence-electron chi connectivity index (χ2n) is 21.6. The number of aromatic hydroxyl groups is 1. The van der Waals surface area contributed by atoms with E-state index < -0.39 is 23.8 Å². The molecule has 0 atom stereocenters. The Kier molecular flexibility index (Phi) is 36.7. The molecule has 0 saturated carbocycles. The fraction of sp³-hybridized carbons (Fsp3) is 0.247. The summed E-state index contributed by atoms with van der Waals surface area (Å²) < 4.78 is 45.2. The SMILES string of the molecule is BrCCCBr.CO.COC(=O)c1ccc2cc[nH]c(=O)c2c1.COC(=O)c1ccc2ccn(CCCBr)c(=O)c2c1.COC(=O)c1ccc2ccn(CCCOc3ccc(OC)cc3)c(=O)c2c1.COc1ccc(O)cc1.COc1ccc(OCCCn2ccc3ccc(C(=O)NO)cc3c2=O)cc1. The maximum Gasteiger partial charge on any atom is 0.337 e. The van der Waals surface area contributed by atoms with E-state index in [0.29, 0.717) is 83.9 Å². The molecule has 0 aliphatic heterocycles. The number of ether oxygens (including phenoxy) is 8. The number of aliphatic hydroxyl groups excluding tert-OH is 1. The van der Waals surface area contributed by atoms with Gasteiger partial charge in [-0.15, -0.1) is 0 Å². The molecule has 5 N–H and O–H groups in total. The van der Waals surface area contributed by atoms with Crippen LogP contribution in [0.5, 0.6) is 34.5 Å². The molecule has 27 heteroatoms. The molecule has 0 spiro atoms. The van der Waals surface area contributed by atoms with Gasteiger partial charge < -0.3 is 66.8 Å². The Labute approximate surface area is 624 Å². The Morgan fingerprint density at radius 3 is 1.06 bits per heavy atom. The first-order valence-electron chi connectivity index (χ1n) is 32.1. The molecule has 0 fully saturated rings. The third-order valence-corrected chi connectivity index (χ3v) is 16.6. The van der Waals surface area contributed by atoms with Gasteiger partial charge in [0.15, 0.2) is 0 Å². The van der Waals surface area contributed by atoms with Gasteiger partial charge in [0.05, 0.1) is 72.6 Å². The van der Waals surface area contributed by atoms with Crippen molar-refractivity contribution >= 4 is 115 Å². The number of phenols is 1. The second kappa shape index (κ2) is 45.4. The van der Waals surface area contributed by atoms with Gasteiger partial charge in [0, 0.05) is 94.6 Å². The number of pyridine rings is 4. The molecular weight excluding hydrogens is 1540 g/mol. The summed E-state index contributed by atoms with van der Waals surface area (Å²) in [7, 11) is 9.76. The molecule has 4 heterocycles. The largest absolute Gasteiger partial charge is 0.508 e. The molecule has 24 nitrogen and oxygen atoms in total. The number of nitrogens with zero attached hydrogens (tertiary/aromatic N) is 3. The number of hydrogen-bond acceptors (Lipinski definition) is 19. The smallest absolute Gasteiger partial charge is 0.337 e. The summed E-state index contributed by atoms with van der Waals surface area (Å²) in [6, 6.07) is 48.2. The number of hydrogen-bond donors (Lipinski definition) is 5. The van der Waals surface area contributed by atoms with Crippen LogP contribution in [0.15, 0.2) is 214 Å². The third-order valence-electron chi connectivity index (χ3n) is 15.0. The van der Waals surface area contributed by atoms with Crippen LogP contribution in [0.4, 0.5) is 0 Å². The zero-order chi connectivity index (χ0) is 75.9. The predicted octanol–water partition coefficient (Wildman–Crippen LogP) is 12.9. The van der Waals surface area contributed by atoms with E-state index in [1.165, 1.54) is 39.9 Å². The van der Waals surface area contributed by atoms with E-state index in [1.807, 2.05) is 66.7 Å². The topological polar surface area (TPSA) is 314 Å². The lowest BCUT2D eigenvalue weighted by molar-refractivity contribution is 0.0592. The highest BCUT2D eigenvalue weighted by atomic mass is 79.9. The molecular formula is C77H82Br3N5O19. The summed E-state index contributed by atoms with van der Waals surface area (Å²) in [5.74, 6) is 2.06. The van der Waals surface area contributed by atoms with E-state index >= 15 is 0 Å². The number of rotatable bonds is 22. The first-order chi connectivity index (χ1) is 50.4. The van der Waals surface area contributed by atoms with Crippen LogP contribution < -0.4 is 51.4 Å². The van der Waals surface area contributed by atoms with Crippen molar-refractivity contribution in [1.29, 1.82) is 0 Å². The molecule has 0 unspecified atom stereocenters. The first-order valence-corrected chi connectivity index (χ1v) is 35.4. The number of phenolic OH excluding ortho intramolecular Hbond substituents is 1. The Balaban J connectivity index is 0.000000236. The quantitative estimate of drug-likeness (QED) is 0.0105. The Morgan fingerprint density at radius 2 is 0.721 bits per heavy atom. The van der Waals surface area contributed by atoms with Gasteiger partial charge in [-0.3, -0.25) is 29.2 Å². The number of aromatic nitrogens is 4. The number of nitrogens with one attached hydrogen (secondary N) is 2. The van der Waals surface area contributed by atoms with Crippen molar-refractivity contribution in [3.63, 3.8) is 0 Å². The number of benzene rings is 7. The van der Waals surface area contributed by atoms with Crippen molar-refractivity contribution in [3.05, 3.63) is 258 Å². The lowest BCUT2D eigenvalue weighted by Crippen LogP contribution is -2.22. The van der Waals surface area contributed by atoms with Crippen LogP contribution in [-0.4, -0.2) is 137 Å². The van der Waals surface area contributed by atoms with Gasteiger partial charge in [0.1, 0.15) is 34.5 Å². The van der Waals surface area contributed by atoms with E-state index in [4.69, 9.17) is 43.8 Å². The number of aryl methyl sites for hydroxylation is 3. The molecule has 11 rings (SSSR count). The highest BCUT2D eigenvalue weighted by Gasteiger charge is 2.14. The van der Waals surface area contributed by atoms with Crippen molar-refractivity contribution in [2.45, 2.75) is 45.3 Å². The summed E-state index contributed by atoms with van der Waals surface area (Å²) in [4.78, 5) is 97.6. The minimum absolute atomic E-state index is 0.0794. The standard InChI is InChI=1S/C21H21NO5.C20H20N2O5.C14H14BrNO3.C11H9NO3.C7H8O2.C3H6Br2.CH4O/c1-25-17-6-8-18(9-7-17)27-13-3-11-22-12-10-15-4-5-16(21(24)26-2)14-19(15)20(22)23;1-26-16-5-7-17(8-6-16)27-12-2-10-22-11-9-14-3-4-15(19(23)21-25)13-18(14)20(22)24;1-19-14(18)11-4-3-10-5-8-16(7-2-6-15)13(17)12(10)9-11;1-15-11(14)8-3-2-7-4-5-12-10(13)9(7)6-8;1-9-7-4-2-6(8)3-5-7;4-2-1-3-5;1-2/h4-10,12,14H,3,11,13H2,1-2H3;3-9,11,13,25H,2,10,12H2,1H3,(H,21,23);3-5,8-9H,2,6-7H2,1H3;2-6H,1H3,(H,12,13);2-5,8H,1H3;1-3H2;2H,1H3. The number of carbonyl (C=O) groups is 4. The van der Waals surface area contributed by atoms with E-state index in [9.17, 15) is 38.4 Å². The van der Waals surface area contributed by atoms with Crippen LogP contribution >= 0.6 is 47.8 Å². The van der Waals surface area contributed by atoms with Crippen molar-refractivity contribution < 1.29 is 72.5 Å². The highest BCUT2D eigenvalue weighted by Crippen LogP contribution is 2.21. The van der Waals surface area contributed by atoms with Gasteiger partial charge in [-0.2, -0.15) is 0 Å². The van der Waals surface area contributed by atoms with E-state index in [2.05, 4.69) is 62.2 Å². The number of methoxy groups -OCH3 is 6. The number of H-pyrrole nitrogens is 1. The number of alkyl halides is 3. The van der Waals surface area contributed by atoms with Gasteiger partial charge in [-0.25, -0.2) is 19.9 Å². The predicted molar refractivity (Wildman–Crippen MR) is 412 cm³/mol. The van der Waals surface area contributed by atoms with Crippen LogP contribution in [0.3, 0.4) is 0 Å². The number of halogens is 3. The number of esters is 3. The number of hydroxylamine groups is 1. The van der Waals surface area contributed by atoms with Gasteiger partial charge >= 0.3 is 17.9 Å². The highest BCUT2D eigenvalue weighted by molar-refractivity contribution is 9.09. The molecule has 0 aliphatic rings. The van der Waals surface area contributed by atoms with Crippen LogP contribution in [0.1, 0.15) is 67.1 Å². The lowest BCUT2D eigenvalue weighted by atomic mass is 10.1. The van der Waals surface area contributed by atoms with Gasteiger partial charge in [0.2, 0.25) is 0 Å². The molecule has 0 aliphatic carbocycles. The lowest BCUT2D eigenvalue weighted by Gasteiger charge is -2.10. The van der Waals surface area contributed by atoms with E-state index in [0.717, 1.165) is 79.8 Å². The fourth-order valence-corrected chi connectivity index (χ4v) is 11.1. The molecule has 0 bridgehead atoms. The molecule has 1 amide bonds. The molecule has 7 aromatic carbocycles. The zero-order valence-electron chi connectivity index (χ0n) is 58.3. The Bertz CT molecular complexity index is 4630. The van der Waals surface area contributed by atoms with Crippen LogP contribution in [0.2, 0.25) is 0 Å². The van der Waals surface area contributed by atoms with Crippen molar-refractivity contribution in [3.8, 4) is 34.5 Å².